The van der Waals surface area contributed by atoms with E-state index >= 15 is 0 Å². The second-order valence-corrected chi connectivity index (χ2v) is 7.54. The van der Waals surface area contributed by atoms with Crippen LogP contribution in [-0.4, -0.2) is 32.7 Å². The zero-order valence-corrected chi connectivity index (χ0v) is 16.5. The number of aromatic amines is 2. The molecule has 0 aliphatic rings. The van der Waals surface area contributed by atoms with Gasteiger partial charge in [0.1, 0.15) is 0 Å². The summed E-state index contributed by atoms with van der Waals surface area (Å²) < 4.78 is 6.70. The number of nitrogens with zero attached hydrogens (tertiary/aromatic N) is 2. The van der Waals surface area contributed by atoms with E-state index in [0.717, 1.165) is 5.56 Å². The Bertz CT molecular complexity index is 1170. The zero-order chi connectivity index (χ0) is 19.7. The van der Waals surface area contributed by atoms with Crippen LogP contribution in [0.2, 0.25) is 5.15 Å². The second-order valence-electron chi connectivity index (χ2n) is 6.31. The molecule has 1 aromatic carbocycles. The SMILES string of the molecule is COC(=O)CC(c1c(Cc2ccccc2)[nH][nH]c1=O)c1c(Cl)nc2sccn12. The van der Waals surface area contributed by atoms with Gasteiger partial charge >= 0.3 is 5.97 Å². The fourth-order valence-electron chi connectivity index (χ4n) is 3.39. The molecule has 1 unspecified atom stereocenters. The third-order valence-corrected chi connectivity index (χ3v) is 5.69. The van der Waals surface area contributed by atoms with Crippen LogP contribution < -0.4 is 5.56 Å². The van der Waals surface area contributed by atoms with Crippen LogP contribution in [0.4, 0.5) is 0 Å². The van der Waals surface area contributed by atoms with E-state index in [1.54, 1.807) is 0 Å². The monoisotopic (exact) mass is 416 g/mol. The molecular formula is C19H17ClN4O3S. The van der Waals surface area contributed by atoms with Crippen molar-refractivity contribution in [3.05, 3.63) is 79.9 Å². The first-order valence-corrected chi connectivity index (χ1v) is 9.85. The van der Waals surface area contributed by atoms with Gasteiger partial charge in [-0.2, -0.15) is 0 Å². The number of benzene rings is 1. The predicted octanol–water partition coefficient (Wildman–Crippen LogP) is 3.35. The summed E-state index contributed by atoms with van der Waals surface area (Å²) in [6.07, 6.45) is 2.31. The van der Waals surface area contributed by atoms with E-state index in [4.69, 9.17) is 16.3 Å². The van der Waals surface area contributed by atoms with Crippen LogP contribution in [0.25, 0.3) is 4.96 Å². The highest BCUT2D eigenvalue weighted by molar-refractivity contribution is 7.15. The summed E-state index contributed by atoms with van der Waals surface area (Å²) in [5.41, 5.74) is 2.51. The topological polar surface area (TPSA) is 92.2 Å². The third kappa shape index (κ3) is 3.36. The maximum Gasteiger partial charge on any atom is 0.306 e. The number of imidazole rings is 1. The molecule has 0 fully saturated rings. The number of halogens is 1. The molecule has 0 radical (unpaired) electrons. The standard InChI is InChI=1S/C19H17ClN4O3S/c1-27-14(25)10-12(16-17(20)21-19-24(16)7-8-28-19)15-13(22-23-18(15)26)9-11-5-3-2-4-6-11/h2-8,12H,9-10H2,1H3,(H2,22,23,26). The predicted molar refractivity (Wildman–Crippen MR) is 107 cm³/mol. The highest BCUT2D eigenvalue weighted by atomic mass is 35.5. The first kappa shape index (κ1) is 18.5. The zero-order valence-electron chi connectivity index (χ0n) is 14.9. The number of hydrogen-bond acceptors (Lipinski definition) is 5. The third-order valence-electron chi connectivity index (χ3n) is 4.65. The number of methoxy groups -OCH3 is 1. The number of H-pyrrole nitrogens is 2. The van der Waals surface area contributed by atoms with Crippen LogP contribution in [0.15, 0.2) is 46.7 Å². The quantitative estimate of drug-likeness (QED) is 0.471. The lowest BCUT2D eigenvalue weighted by atomic mass is 9.91. The maximum atomic E-state index is 12.7. The van der Waals surface area contributed by atoms with Crippen molar-refractivity contribution in [3.63, 3.8) is 0 Å². The van der Waals surface area contributed by atoms with Gasteiger partial charge in [-0.05, 0) is 5.56 Å². The molecule has 1 atom stereocenters. The van der Waals surface area contributed by atoms with Gasteiger partial charge in [-0.3, -0.25) is 19.1 Å². The summed E-state index contributed by atoms with van der Waals surface area (Å²) in [6, 6.07) is 9.77. The van der Waals surface area contributed by atoms with E-state index in [0.29, 0.717) is 28.3 Å². The second kappa shape index (κ2) is 7.65. The number of esters is 1. The van der Waals surface area contributed by atoms with Gasteiger partial charge in [0, 0.05) is 35.2 Å². The van der Waals surface area contributed by atoms with E-state index in [1.807, 2.05) is 46.3 Å². The summed E-state index contributed by atoms with van der Waals surface area (Å²) in [5, 5.41) is 7.76. The lowest BCUT2D eigenvalue weighted by Gasteiger charge is -2.16. The molecule has 4 rings (SSSR count). The molecule has 0 saturated heterocycles. The fourth-order valence-corrected chi connectivity index (χ4v) is 4.46. The molecule has 0 saturated carbocycles. The lowest BCUT2D eigenvalue weighted by Crippen LogP contribution is -2.19. The van der Waals surface area contributed by atoms with E-state index < -0.39 is 11.9 Å². The molecule has 2 N–H and O–H groups in total. The molecule has 0 aliphatic heterocycles. The first-order chi connectivity index (χ1) is 13.6. The Kier molecular flexibility index (Phi) is 5.06. The van der Waals surface area contributed by atoms with Gasteiger partial charge in [0.05, 0.1) is 19.2 Å². The van der Waals surface area contributed by atoms with Crippen LogP contribution in [-0.2, 0) is 16.0 Å². The number of carbonyl (C=O) groups excluding carboxylic acids is 1. The van der Waals surface area contributed by atoms with Crippen molar-refractivity contribution in [1.82, 2.24) is 19.6 Å². The average Bonchev–Trinajstić information content (AvgIpc) is 3.36. The highest BCUT2D eigenvalue weighted by Gasteiger charge is 2.31. The van der Waals surface area contributed by atoms with Gasteiger partial charge in [-0.15, -0.1) is 11.3 Å². The summed E-state index contributed by atoms with van der Waals surface area (Å²) in [7, 11) is 1.32. The van der Waals surface area contributed by atoms with Crippen molar-refractivity contribution >= 4 is 33.9 Å². The number of nitrogens with one attached hydrogen (secondary N) is 2. The number of ether oxygens (including phenoxy) is 1. The van der Waals surface area contributed by atoms with Crippen LogP contribution in [0.3, 0.4) is 0 Å². The smallest absolute Gasteiger partial charge is 0.306 e. The Morgan fingerprint density at radius 3 is 2.86 bits per heavy atom. The minimum absolute atomic E-state index is 0.0252. The van der Waals surface area contributed by atoms with E-state index in [9.17, 15) is 9.59 Å². The van der Waals surface area contributed by atoms with Gasteiger partial charge in [0.2, 0.25) is 0 Å². The van der Waals surface area contributed by atoms with Crippen molar-refractivity contribution in [1.29, 1.82) is 0 Å². The molecular weight excluding hydrogens is 400 g/mol. The van der Waals surface area contributed by atoms with E-state index in [2.05, 4.69) is 15.2 Å². The Labute approximate surface area is 168 Å². The Balaban J connectivity index is 1.85. The number of thiazole rings is 1. The summed E-state index contributed by atoms with van der Waals surface area (Å²) in [4.78, 5) is 29.9. The Morgan fingerprint density at radius 2 is 2.11 bits per heavy atom. The van der Waals surface area contributed by atoms with E-state index in [1.165, 1.54) is 18.4 Å². The van der Waals surface area contributed by atoms with Crippen LogP contribution in [0, 0.1) is 0 Å². The molecule has 0 aliphatic carbocycles. The van der Waals surface area contributed by atoms with Crippen molar-refractivity contribution < 1.29 is 9.53 Å². The minimum Gasteiger partial charge on any atom is -0.469 e. The molecule has 0 bridgehead atoms. The fraction of sp³-hybridized carbons (Fsp3) is 0.211. The molecule has 7 nitrogen and oxygen atoms in total. The van der Waals surface area contributed by atoms with Gasteiger partial charge < -0.3 is 9.84 Å². The average molecular weight is 417 g/mol. The highest BCUT2D eigenvalue weighted by Crippen LogP contribution is 2.35. The first-order valence-electron chi connectivity index (χ1n) is 8.59. The van der Waals surface area contributed by atoms with Crippen molar-refractivity contribution in [2.75, 3.05) is 7.11 Å². The molecule has 3 aromatic heterocycles. The maximum absolute atomic E-state index is 12.7. The largest absolute Gasteiger partial charge is 0.469 e. The number of fused-ring (bicyclic) bond motifs is 1. The van der Waals surface area contributed by atoms with Gasteiger partial charge in [0.25, 0.3) is 5.56 Å². The molecule has 0 spiro atoms. The minimum atomic E-state index is -0.599. The summed E-state index contributed by atoms with van der Waals surface area (Å²) >= 11 is 7.84. The molecule has 3 heterocycles. The summed E-state index contributed by atoms with van der Waals surface area (Å²) in [5.74, 6) is -1.03. The number of hydrogen-bond donors (Lipinski definition) is 2. The summed E-state index contributed by atoms with van der Waals surface area (Å²) in [6.45, 7) is 0. The molecule has 0 amide bonds. The number of carbonyl (C=O) groups is 1. The molecule has 9 heteroatoms. The number of rotatable bonds is 6. The van der Waals surface area contributed by atoms with E-state index in [-0.39, 0.29) is 17.1 Å². The van der Waals surface area contributed by atoms with Crippen LogP contribution >= 0.6 is 22.9 Å². The molecule has 28 heavy (non-hydrogen) atoms. The normalized spacial score (nSPS) is 12.4. The van der Waals surface area contributed by atoms with Crippen LogP contribution in [0.5, 0.6) is 0 Å². The number of aromatic nitrogens is 4. The Hall–Kier alpha value is -2.84. The van der Waals surface area contributed by atoms with Crippen LogP contribution in [0.1, 0.15) is 34.9 Å². The Morgan fingerprint density at radius 1 is 1.32 bits per heavy atom. The van der Waals surface area contributed by atoms with Gasteiger partial charge in [-0.1, -0.05) is 41.9 Å². The van der Waals surface area contributed by atoms with Crippen molar-refractivity contribution in [3.8, 4) is 0 Å². The van der Waals surface area contributed by atoms with Crippen molar-refractivity contribution in [2.24, 2.45) is 0 Å². The molecule has 4 aromatic rings. The van der Waals surface area contributed by atoms with Gasteiger partial charge in [-0.25, -0.2) is 4.98 Å². The van der Waals surface area contributed by atoms with Gasteiger partial charge in [0.15, 0.2) is 10.1 Å². The molecule has 144 valence electrons. The van der Waals surface area contributed by atoms with Crippen molar-refractivity contribution in [2.45, 2.75) is 18.8 Å². The lowest BCUT2D eigenvalue weighted by molar-refractivity contribution is -0.140.